The van der Waals surface area contributed by atoms with Gasteiger partial charge in [0.2, 0.25) is 0 Å². The third kappa shape index (κ3) is 3.73. The van der Waals surface area contributed by atoms with Gasteiger partial charge in [-0.3, -0.25) is 14.9 Å². The number of benzene rings is 2. The minimum atomic E-state index is -0.444. The normalized spacial score (nSPS) is 15.0. The Bertz CT molecular complexity index is 1270. The minimum Gasteiger partial charge on any atom is -0.267 e. The van der Waals surface area contributed by atoms with Crippen LogP contribution in [-0.4, -0.2) is 26.3 Å². The Morgan fingerprint density at radius 3 is 2.45 bits per heavy atom. The van der Waals surface area contributed by atoms with Crippen LogP contribution in [-0.2, 0) is 4.79 Å². The first-order valence-electron chi connectivity index (χ1n) is 9.44. The van der Waals surface area contributed by atoms with Gasteiger partial charge >= 0.3 is 0 Å². The quantitative estimate of drug-likeness (QED) is 0.332. The van der Waals surface area contributed by atoms with Crippen LogP contribution in [0.2, 0.25) is 5.02 Å². The zero-order chi connectivity index (χ0) is 22.3. The lowest BCUT2D eigenvalue weighted by Crippen LogP contribution is -2.21. The lowest BCUT2D eigenvalue weighted by molar-refractivity contribution is -0.384. The highest BCUT2D eigenvalue weighted by atomic mass is 35.5. The number of hydrogen-bond donors (Lipinski definition) is 0. The van der Waals surface area contributed by atoms with E-state index in [2.05, 4.69) is 10.2 Å². The molecule has 0 aliphatic carbocycles. The molecule has 0 radical (unpaired) electrons. The first-order chi connectivity index (χ1) is 14.8. The molecule has 31 heavy (non-hydrogen) atoms. The Morgan fingerprint density at radius 2 is 1.77 bits per heavy atom. The number of nitro benzene ring substituents is 1. The molecule has 1 aliphatic heterocycles. The van der Waals surface area contributed by atoms with Gasteiger partial charge in [-0.2, -0.15) is 15.2 Å². The van der Waals surface area contributed by atoms with Crippen LogP contribution in [0.1, 0.15) is 23.9 Å². The van der Waals surface area contributed by atoms with Crippen LogP contribution >= 0.6 is 11.6 Å². The van der Waals surface area contributed by atoms with Gasteiger partial charge in [-0.15, -0.1) is 0 Å². The van der Waals surface area contributed by atoms with Crippen LogP contribution in [0, 0.1) is 24.0 Å². The highest BCUT2D eigenvalue weighted by molar-refractivity contribution is 6.32. The van der Waals surface area contributed by atoms with Crippen LogP contribution in [0.4, 0.5) is 11.4 Å². The molecule has 156 valence electrons. The maximum atomic E-state index is 13.0. The Hall–Kier alpha value is -3.78. The largest absolute Gasteiger partial charge is 0.280 e. The van der Waals surface area contributed by atoms with Crippen molar-refractivity contribution in [2.75, 3.05) is 5.01 Å². The second kappa shape index (κ2) is 7.81. The maximum absolute atomic E-state index is 13.0. The number of aryl methyl sites for hydroxylation is 1. The van der Waals surface area contributed by atoms with Crippen LogP contribution in [0.25, 0.3) is 11.8 Å². The fourth-order valence-electron chi connectivity index (χ4n) is 3.44. The molecule has 2 heterocycles. The number of rotatable bonds is 4. The summed E-state index contributed by atoms with van der Waals surface area (Å²) in [6.07, 6.45) is 1.77. The molecular weight excluding hydrogens is 418 g/mol. The number of nitrogens with zero attached hydrogens (tertiary/aromatic N) is 5. The predicted molar refractivity (Wildman–Crippen MR) is 120 cm³/mol. The summed E-state index contributed by atoms with van der Waals surface area (Å²) in [6.45, 7) is 5.46. The van der Waals surface area contributed by atoms with Gasteiger partial charge in [0.15, 0.2) is 0 Å². The van der Waals surface area contributed by atoms with Crippen molar-refractivity contribution in [1.82, 2.24) is 9.78 Å². The number of carbonyl (C=O) groups is 1. The van der Waals surface area contributed by atoms with Gasteiger partial charge in [-0.05, 0) is 57.2 Å². The number of hydrazone groups is 1. The number of halogens is 1. The molecule has 8 nitrogen and oxygen atoms in total. The van der Waals surface area contributed by atoms with E-state index in [1.165, 1.54) is 17.1 Å². The molecule has 9 heteroatoms. The Balaban J connectivity index is 1.72. The SMILES string of the molecule is CC1=NN(c2ccc(Cl)cc2)C(=O)/C1=C\c1c(C)nn(-c2cccc([N+](=O)[O-])c2)c1C. The number of hydrogen-bond acceptors (Lipinski definition) is 5. The third-order valence-corrected chi connectivity index (χ3v) is 5.31. The zero-order valence-corrected chi connectivity index (χ0v) is 17.8. The topological polar surface area (TPSA) is 93.6 Å². The van der Waals surface area contributed by atoms with E-state index < -0.39 is 4.92 Å². The van der Waals surface area contributed by atoms with Crippen LogP contribution in [0.15, 0.2) is 59.2 Å². The third-order valence-electron chi connectivity index (χ3n) is 5.05. The van der Waals surface area contributed by atoms with E-state index in [0.717, 1.165) is 11.3 Å². The molecule has 0 atom stereocenters. The summed E-state index contributed by atoms with van der Waals surface area (Å²) in [4.78, 5) is 23.7. The van der Waals surface area contributed by atoms with Gasteiger partial charge in [0, 0.05) is 28.4 Å². The number of nitro groups is 1. The first kappa shape index (κ1) is 20.5. The average Bonchev–Trinajstić information content (AvgIpc) is 3.19. The molecule has 1 aromatic heterocycles. The summed E-state index contributed by atoms with van der Waals surface area (Å²) in [7, 11) is 0. The first-order valence-corrected chi connectivity index (χ1v) is 9.82. The summed E-state index contributed by atoms with van der Waals surface area (Å²) >= 11 is 5.94. The Labute approximate surface area is 183 Å². The maximum Gasteiger partial charge on any atom is 0.280 e. The zero-order valence-electron chi connectivity index (χ0n) is 17.0. The molecule has 0 spiro atoms. The van der Waals surface area contributed by atoms with Crippen molar-refractivity contribution in [2.24, 2.45) is 5.10 Å². The monoisotopic (exact) mass is 435 g/mol. The summed E-state index contributed by atoms with van der Waals surface area (Å²) in [5, 5.41) is 21.9. The second-order valence-corrected chi connectivity index (χ2v) is 7.55. The van der Waals surface area contributed by atoms with Crippen molar-refractivity contribution in [3.63, 3.8) is 0 Å². The summed E-state index contributed by atoms with van der Waals surface area (Å²) in [5.41, 5.74) is 4.45. The van der Waals surface area contributed by atoms with E-state index in [1.807, 2.05) is 13.8 Å². The van der Waals surface area contributed by atoms with Crippen LogP contribution in [0.5, 0.6) is 0 Å². The highest BCUT2D eigenvalue weighted by Crippen LogP contribution is 2.28. The highest BCUT2D eigenvalue weighted by Gasteiger charge is 2.29. The smallest absolute Gasteiger partial charge is 0.267 e. The van der Waals surface area contributed by atoms with Gasteiger partial charge in [-0.25, -0.2) is 4.68 Å². The molecule has 0 unspecified atom stereocenters. The van der Waals surface area contributed by atoms with E-state index in [-0.39, 0.29) is 11.6 Å². The van der Waals surface area contributed by atoms with Gasteiger partial charge in [0.1, 0.15) is 0 Å². The molecule has 0 N–H and O–H groups in total. The molecule has 0 bridgehead atoms. The van der Waals surface area contributed by atoms with Crippen molar-refractivity contribution in [3.8, 4) is 5.69 Å². The van der Waals surface area contributed by atoms with E-state index in [4.69, 9.17) is 11.6 Å². The molecule has 1 aliphatic rings. The number of non-ortho nitro benzene ring substituents is 1. The number of aromatic nitrogens is 2. The molecule has 1 amide bonds. The molecule has 0 fully saturated rings. The van der Waals surface area contributed by atoms with Crippen molar-refractivity contribution in [2.45, 2.75) is 20.8 Å². The number of carbonyl (C=O) groups excluding carboxylic acids is 1. The van der Waals surface area contributed by atoms with E-state index >= 15 is 0 Å². The number of amides is 1. The molecule has 0 saturated heterocycles. The van der Waals surface area contributed by atoms with Gasteiger partial charge in [0.05, 0.1) is 33.3 Å². The number of anilines is 1. The summed E-state index contributed by atoms with van der Waals surface area (Å²) in [5.74, 6) is -0.248. The van der Waals surface area contributed by atoms with E-state index in [1.54, 1.807) is 54.1 Å². The van der Waals surface area contributed by atoms with Crippen molar-refractivity contribution < 1.29 is 9.72 Å². The summed E-state index contributed by atoms with van der Waals surface area (Å²) in [6, 6.07) is 13.1. The fourth-order valence-corrected chi connectivity index (χ4v) is 3.57. The Kier molecular flexibility index (Phi) is 5.16. The van der Waals surface area contributed by atoms with Crippen LogP contribution < -0.4 is 5.01 Å². The molecule has 2 aromatic carbocycles. The minimum absolute atomic E-state index is 0.0162. The average molecular weight is 436 g/mol. The second-order valence-electron chi connectivity index (χ2n) is 7.11. The molecular formula is C22H18ClN5O3. The van der Waals surface area contributed by atoms with Gasteiger partial charge < -0.3 is 0 Å². The van der Waals surface area contributed by atoms with Gasteiger partial charge in [0.25, 0.3) is 11.6 Å². The van der Waals surface area contributed by atoms with Crippen molar-refractivity contribution in [1.29, 1.82) is 0 Å². The van der Waals surface area contributed by atoms with E-state index in [0.29, 0.717) is 33.4 Å². The van der Waals surface area contributed by atoms with Gasteiger partial charge in [-0.1, -0.05) is 17.7 Å². The van der Waals surface area contributed by atoms with Crippen molar-refractivity contribution >= 4 is 40.7 Å². The predicted octanol–water partition coefficient (Wildman–Crippen LogP) is 4.86. The van der Waals surface area contributed by atoms with Crippen LogP contribution in [0.3, 0.4) is 0 Å². The standard InChI is InChI=1S/C22H18ClN5O3/c1-13-20(15(3)26(24-13)18-5-4-6-19(11-18)28(30)31)12-21-14(2)25-27(22(21)29)17-9-7-16(23)8-10-17/h4-12H,1-3H3/b21-12-. The van der Waals surface area contributed by atoms with E-state index in [9.17, 15) is 14.9 Å². The molecule has 0 saturated carbocycles. The molecule has 3 aromatic rings. The Morgan fingerprint density at radius 1 is 1.06 bits per heavy atom. The fraction of sp³-hybridized carbons (Fsp3) is 0.136. The molecule has 4 rings (SSSR count). The lowest BCUT2D eigenvalue weighted by atomic mass is 10.1. The lowest BCUT2D eigenvalue weighted by Gasteiger charge is -2.11. The summed E-state index contributed by atoms with van der Waals surface area (Å²) < 4.78 is 1.64. The van der Waals surface area contributed by atoms with Crippen molar-refractivity contribution in [3.05, 3.63) is 86.2 Å².